The van der Waals surface area contributed by atoms with Crippen molar-refractivity contribution in [2.24, 2.45) is 0 Å². The van der Waals surface area contributed by atoms with Crippen LogP contribution in [0.1, 0.15) is 15.9 Å². The molecule has 1 aliphatic heterocycles. The van der Waals surface area contributed by atoms with E-state index in [1.165, 1.54) is 5.56 Å². The molecular weight excluding hydrogens is 295 g/mol. The number of benzene rings is 3. The highest BCUT2D eigenvalue weighted by molar-refractivity contribution is 6.78. The number of hydrogen-bond acceptors (Lipinski definition) is 2. The zero-order chi connectivity index (χ0) is 16.5. The van der Waals surface area contributed by atoms with Crippen molar-refractivity contribution in [2.75, 3.05) is 5.23 Å². The van der Waals surface area contributed by atoms with Gasteiger partial charge in [-0.3, -0.25) is 4.79 Å². The van der Waals surface area contributed by atoms with Gasteiger partial charge in [0.2, 0.25) is 5.91 Å². The highest BCUT2D eigenvalue weighted by Crippen LogP contribution is 2.22. The van der Waals surface area contributed by atoms with Crippen molar-refractivity contribution in [1.29, 1.82) is 0 Å². The van der Waals surface area contributed by atoms with Crippen LogP contribution in [0.25, 0.3) is 11.1 Å². The Labute approximate surface area is 141 Å². The molecule has 0 radical (unpaired) electrons. The standard InChI is InChI=1S/C20H17BN2O/c1-14-10-12-15(13-11-14)16-6-2-4-8-18(16)21-22-19-9-5-3-7-17(19)20(24)23-21/h2-13,22H,1H3,(H,23,24). The third-order valence-electron chi connectivity index (χ3n) is 4.38. The van der Waals surface area contributed by atoms with Crippen molar-refractivity contribution in [3.05, 3.63) is 83.9 Å². The van der Waals surface area contributed by atoms with Gasteiger partial charge in [-0.1, -0.05) is 66.2 Å². The summed E-state index contributed by atoms with van der Waals surface area (Å²) in [6, 6.07) is 24.2. The summed E-state index contributed by atoms with van der Waals surface area (Å²) >= 11 is 0. The van der Waals surface area contributed by atoms with Gasteiger partial charge < -0.3 is 10.5 Å². The average Bonchev–Trinajstić information content (AvgIpc) is 2.62. The Hall–Kier alpha value is -3.01. The molecule has 2 N–H and O–H groups in total. The molecule has 3 nitrogen and oxygen atoms in total. The summed E-state index contributed by atoms with van der Waals surface area (Å²) < 4.78 is 0. The Bertz CT molecular complexity index is 906. The van der Waals surface area contributed by atoms with Crippen molar-refractivity contribution >= 4 is 24.0 Å². The first kappa shape index (κ1) is 14.6. The Morgan fingerprint density at radius 3 is 2.21 bits per heavy atom. The van der Waals surface area contributed by atoms with Crippen LogP contribution in [-0.4, -0.2) is 12.9 Å². The SMILES string of the molecule is Cc1ccc(-c2ccccc2B2NC(=O)c3ccccc3N2)cc1. The first-order valence-corrected chi connectivity index (χ1v) is 8.05. The van der Waals surface area contributed by atoms with Crippen LogP contribution in [0.2, 0.25) is 0 Å². The normalized spacial score (nSPS) is 13.0. The predicted molar refractivity (Wildman–Crippen MR) is 99.5 cm³/mol. The summed E-state index contributed by atoms with van der Waals surface area (Å²) in [6.07, 6.45) is 0. The molecule has 3 aromatic carbocycles. The first-order valence-electron chi connectivity index (χ1n) is 8.05. The molecule has 0 unspecified atom stereocenters. The number of nitrogens with one attached hydrogen (secondary N) is 2. The number of rotatable bonds is 2. The molecule has 24 heavy (non-hydrogen) atoms. The van der Waals surface area contributed by atoms with Crippen LogP contribution in [0.15, 0.2) is 72.8 Å². The molecule has 0 spiro atoms. The molecule has 0 aromatic heterocycles. The lowest BCUT2D eigenvalue weighted by Gasteiger charge is -2.26. The molecule has 0 aliphatic carbocycles. The number of anilines is 1. The molecule has 4 heteroatoms. The first-order chi connectivity index (χ1) is 11.7. The summed E-state index contributed by atoms with van der Waals surface area (Å²) in [7, 11) is 0. The number of carbonyl (C=O) groups is 1. The number of aryl methyl sites for hydroxylation is 1. The van der Waals surface area contributed by atoms with Gasteiger partial charge in [0.15, 0.2) is 0 Å². The second kappa shape index (κ2) is 5.89. The van der Waals surface area contributed by atoms with Gasteiger partial charge in [0, 0.05) is 5.69 Å². The largest absolute Gasteiger partial charge is 0.409 e. The molecule has 0 fully saturated rings. The van der Waals surface area contributed by atoms with E-state index in [2.05, 4.69) is 53.8 Å². The minimum absolute atomic E-state index is 0.0481. The number of hydrogen-bond donors (Lipinski definition) is 2. The number of amides is 1. The van der Waals surface area contributed by atoms with Crippen LogP contribution in [-0.2, 0) is 0 Å². The zero-order valence-corrected chi connectivity index (χ0v) is 13.4. The van der Waals surface area contributed by atoms with E-state index in [9.17, 15) is 4.79 Å². The van der Waals surface area contributed by atoms with E-state index in [1.54, 1.807) is 0 Å². The molecule has 0 bridgehead atoms. The molecule has 0 saturated heterocycles. The molecule has 1 amide bonds. The van der Waals surface area contributed by atoms with E-state index in [4.69, 9.17) is 0 Å². The van der Waals surface area contributed by atoms with Crippen molar-refractivity contribution in [3.8, 4) is 11.1 Å². The lowest BCUT2D eigenvalue weighted by Crippen LogP contribution is -2.57. The average molecular weight is 312 g/mol. The minimum atomic E-state index is -0.245. The van der Waals surface area contributed by atoms with Crippen LogP contribution in [0.4, 0.5) is 5.69 Å². The zero-order valence-electron chi connectivity index (χ0n) is 13.4. The summed E-state index contributed by atoms with van der Waals surface area (Å²) in [5.41, 5.74) is 6.10. The van der Waals surface area contributed by atoms with Gasteiger partial charge in [0.25, 0.3) is 0 Å². The fraction of sp³-hybridized carbons (Fsp3) is 0.0500. The van der Waals surface area contributed by atoms with Crippen LogP contribution in [0.3, 0.4) is 0 Å². The van der Waals surface area contributed by atoms with Crippen molar-refractivity contribution in [3.63, 3.8) is 0 Å². The number of carbonyl (C=O) groups excluding carboxylic acids is 1. The highest BCUT2D eigenvalue weighted by Gasteiger charge is 2.30. The van der Waals surface area contributed by atoms with Gasteiger partial charge in [0.05, 0.1) is 5.56 Å². The second-order valence-corrected chi connectivity index (χ2v) is 6.05. The lowest BCUT2D eigenvalue weighted by atomic mass is 9.63. The molecule has 116 valence electrons. The Kier molecular flexibility index (Phi) is 3.58. The van der Waals surface area contributed by atoms with E-state index >= 15 is 0 Å². The maximum atomic E-state index is 12.4. The fourth-order valence-corrected chi connectivity index (χ4v) is 3.11. The molecule has 0 atom stereocenters. The van der Waals surface area contributed by atoms with Gasteiger partial charge in [-0.05, 0) is 35.6 Å². The Morgan fingerprint density at radius 2 is 1.42 bits per heavy atom. The predicted octanol–water partition coefficient (Wildman–Crippen LogP) is 3.21. The van der Waals surface area contributed by atoms with Crippen LogP contribution in [0, 0.1) is 6.92 Å². The molecule has 3 aromatic rings. The maximum absolute atomic E-state index is 12.4. The van der Waals surface area contributed by atoms with Crippen molar-refractivity contribution < 1.29 is 4.79 Å². The van der Waals surface area contributed by atoms with Crippen LogP contribution in [0.5, 0.6) is 0 Å². The topological polar surface area (TPSA) is 41.1 Å². The maximum Gasteiger partial charge on any atom is 0.409 e. The Balaban J connectivity index is 1.76. The van der Waals surface area contributed by atoms with Gasteiger partial charge in [0.1, 0.15) is 0 Å². The third-order valence-corrected chi connectivity index (χ3v) is 4.38. The molecule has 1 heterocycles. The summed E-state index contributed by atoms with van der Waals surface area (Å²) in [6.45, 7) is 1.83. The smallest absolute Gasteiger partial charge is 0.405 e. The Morgan fingerprint density at radius 1 is 0.750 bits per heavy atom. The van der Waals surface area contributed by atoms with Gasteiger partial charge in [-0.2, -0.15) is 0 Å². The minimum Gasteiger partial charge on any atom is -0.405 e. The van der Waals surface area contributed by atoms with Crippen molar-refractivity contribution in [2.45, 2.75) is 6.92 Å². The molecule has 0 saturated carbocycles. The molecular formula is C20H17BN2O. The van der Waals surface area contributed by atoms with Crippen LogP contribution < -0.4 is 15.9 Å². The van der Waals surface area contributed by atoms with Gasteiger partial charge >= 0.3 is 6.98 Å². The fourth-order valence-electron chi connectivity index (χ4n) is 3.11. The van der Waals surface area contributed by atoms with Gasteiger partial charge in [-0.15, -0.1) is 0 Å². The quantitative estimate of drug-likeness (QED) is 0.714. The number of para-hydroxylation sites is 1. The number of fused-ring (bicyclic) bond motifs is 1. The van der Waals surface area contributed by atoms with Gasteiger partial charge in [-0.25, -0.2) is 0 Å². The van der Waals surface area contributed by atoms with E-state index in [-0.39, 0.29) is 12.9 Å². The third kappa shape index (κ3) is 2.56. The summed E-state index contributed by atoms with van der Waals surface area (Å²) in [5.74, 6) is -0.0481. The van der Waals surface area contributed by atoms with Crippen LogP contribution >= 0.6 is 0 Å². The monoisotopic (exact) mass is 312 g/mol. The summed E-state index contributed by atoms with van der Waals surface area (Å²) in [4.78, 5) is 12.4. The van der Waals surface area contributed by atoms with E-state index in [0.717, 1.165) is 22.3 Å². The highest BCUT2D eigenvalue weighted by atomic mass is 16.1. The van der Waals surface area contributed by atoms with E-state index < -0.39 is 0 Å². The molecule has 1 aliphatic rings. The second-order valence-electron chi connectivity index (χ2n) is 6.05. The van der Waals surface area contributed by atoms with E-state index in [0.29, 0.717) is 5.56 Å². The van der Waals surface area contributed by atoms with Crippen molar-refractivity contribution in [1.82, 2.24) is 5.23 Å². The summed E-state index contributed by atoms with van der Waals surface area (Å²) in [5, 5.41) is 6.49. The molecule has 4 rings (SSSR count). The lowest BCUT2D eigenvalue weighted by molar-refractivity contribution is 0.0979. The van der Waals surface area contributed by atoms with E-state index in [1.807, 2.05) is 36.4 Å².